The Bertz CT molecular complexity index is 848. The van der Waals surface area contributed by atoms with Gasteiger partial charge in [0, 0.05) is 31.2 Å². The minimum Gasteiger partial charge on any atom is -0.489 e. The predicted molar refractivity (Wildman–Crippen MR) is 121 cm³/mol. The summed E-state index contributed by atoms with van der Waals surface area (Å²) in [6, 6.07) is 8.63. The van der Waals surface area contributed by atoms with Crippen LogP contribution in [0.15, 0.2) is 36.2 Å². The van der Waals surface area contributed by atoms with Crippen molar-refractivity contribution in [2.45, 2.75) is 62.5 Å². The molecule has 5 nitrogen and oxygen atoms in total. The van der Waals surface area contributed by atoms with E-state index in [9.17, 15) is 9.18 Å². The van der Waals surface area contributed by atoms with Crippen molar-refractivity contribution in [3.63, 3.8) is 0 Å². The van der Waals surface area contributed by atoms with Crippen molar-refractivity contribution in [2.24, 2.45) is 29.4 Å². The maximum Gasteiger partial charge on any atom is 0.223 e. The van der Waals surface area contributed by atoms with Crippen molar-refractivity contribution in [1.29, 1.82) is 0 Å². The van der Waals surface area contributed by atoms with E-state index in [1.807, 2.05) is 12.1 Å². The second-order valence-electron chi connectivity index (χ2n) is 10.6. The highest BCUT2D eigenvalue weighted by Crippen LogP contribution is 2.63. The van der Waals surface area contributed by atoms with Gasteiger partial charge in [-0.05, 0) is 85.8 Å². The largest absolute Gasteiger partial charge is 0.489 e. The molecule has 32 heavy (non-hydrogen) atoms. The molecule has 1 aromatic rings. The zero-order chi connectivity index (χ0) is 22.3. The molecular weight excluding hydrogens is 407 g/mol. The van der Waals surface area contributed by atoms with Crippen LogP contribution in [0.5, 0.6) is 5.75 Å². The first-order chi connectivity index (χ1) is 15.5. The van der Waals surface area contributed by atoms with Crippen molar-refractivity contribution in [1.82, 2.24) is 5.32 Å². The Kier molecular flexibility index (Phi) is 6.01. The molecule has 6 rings (SSSR count). The van der Waals surface area contributed by atoms with Gasteiger partial charge in [-0.15, -0.1) is 0 Å². The Balaban J connectivity index is 1.25. The topological polar surface area (TPSA) is 73.6 Å². The lowest BCUT2D eigenvalue weighted by molar-refractivity contribution is -0.142. The number of nitrogens with one attached hydrogen (secondary N) is 1. The molecule has 0 spiro atoms. The van der Waals surface area contributed by atoms with Crippen LogP contribution in [0.1, 0.15) is 50.5 Å². The number of amides is 1. The van der Waals surface area contributed by atoms with Gasteiger partial charge in [0.15, 0.2) is 0 Å². The van der Waals surface area contributed by atoms with Gasteiger partial charge in [0.05, 0.1) is 12.4 Å². The second kappa shape index (κ2) is 8.79. The summed E-state index contributed by atoms with van der Waals surface area (Å²) in [6.07, 6.45) is 8.55. The molecule has 5 saturated carbocycles. The third-order valence-corrected chi connectivity index (χ3v) is 8.66. The number of benzene rings is 1. The molecule has 1 amide bonds. The average Bonchev–Trinajstić information content (AvgIpc) is 2.76. The van der Waals surface area contributed by atoms with Crippen LogP contribution in [0.3, 0.4) is 0 Å². The maximum atomic E-state index is 13.2. The second-order valence-corrected chi connectivity index (χ2v) is 10.6. The minimum absolute atomic E-state index is 0.157. The summed E-state index contributed by atoms with van der Waals surface area (Å²) in [7, 11) is 1.75. The van der Waals surface area contributed by atoms with Gasteiger partial charge in [-0.1, -0.05) is 12.1 Å². The quantitative estimate of drug-likeness (QED) is 0.641. The summed E-state index contributed by atoms with van der Waals surface area (Å²) in [5, 5.41) is 3.33. The van der Waals surface area contributed by atoms with Crippen LogP contribution in [0.2, 0.25) is 0 Å². The Morgan fingerprint density at radius 1 is 1.16 bits per heavy atom. The molecule has 1 aromatic carbocycles. The third kappa shape index (κ3) is 3.96. The van der Waals surface area contributed by atoms with Crippen LogP contribution in [0.4, 0.5) is 4.39 Å². The lowest BCUT2D eigenvalue weighted by atomic mass is 9.44. The molecule has 3 N–H and O–H groups in total. The molecule has 5 aliphatic rings. The number of rotatable bonds is 8. The highest BCUT2D eigenvalue weighted by molar-refractivity contribution is 5.80. The SMILES string of the molecule is CO[C@H]1C[C@@H](NC(=O)[C@H]2C3CC4CC2C[C@@](c2ccc(OC/C(=C/F)CN)cc2)(C4)C3)C1. The third-order valence-electron chi connectivity index (χ3n) is 8.66. The van der Waals surface area contributed by atoms with E-state index < -0.39 is 0 Å². The van der Waals surface area contributed by atoms with E-state index in [-0.39, 0.29) is 36.4 Å². The summed E-state index contributed by atoms with van der Waals surface area (Å²) in [4.78, 5) is 13.2. The molecule has 2 unspecified atom stereocenters. The van der Waals surface area contributed by atoms with Crippen molar-refractivity contribution in [2.75, 3.05) is 20.3 Å². The molecule has 0 radical (unpaired) electrons. The monoisotopic (exact) mass is 442 g/mol. The van der Waals surface area contributed by atoms with Gasteiger partial charge in [0.25, 0.3) is 0 Å². The Morgan fingerprint density at radius 2 is 1.84 bits per heavy atom. The molecule has 6 heteroatoms. The lowest BCUT2D eigenvalue weighted by Crippen LogP contribution is -2.58. The summed E-state index contributed by atoms with van der Waals surface area (Å²) < 4.78 is 23.8. The van der Waals surface area contributed by atoms with E-state index in [2.05, 4.69) is 17.4 Å². The summed E-state index contributed by atoms with van der Waals surface area (Å²) in [5.41, 5.74) is 7.50. The predicted octanol–water partition coefficient (Wildman–Crippen LogP) is 3.87. The van der Waals surface area contributed by atoms with Crippen LogP contribution < -0.4 is 15.8 Å². The highest BCUT2D eigenvalue weighted by atomic mass is 19.1. The van der Waals surface area contributed by atoms with Gasteiger partial charge in [-0.3, -0.25) is 4.79 Å². The maximum absolute atomic E-state index is 13.2. The van der Waals surface area contributed by atoms with Gasteiger partial charge < -0.3 is 20.5 Å². The molecule has 2 atom stereocenters. The number of hydrogen-bond donors (Lipinski definition) is 2. The number of nitrogens with two attached hydrogens (primary N) is 1. The number of halogens is 1. The zero-order valence-corrected chi connectivity index (χ0v) is 18.9. The van der Waals surface area contributed by atoms with Crippen molar-refractivity contribution in [3.8, 4) is 5.75 Å². The molecule has 0 aromatic heterocycles. The zero-order valence-electron chi connectivity index (χ0n) is 18.9. The van der Waals surface area contributed by atoms with Gasteiger partial charge in [-0.25, -0.2) is 4.39 Å². The lowest BCUT2D eigenvalue weighted by Gasteiger charge is -2.60. The molecule has 0 heterocycles. The number of methoxy groups -OCH3 is 1. The standard InChI is InChI=1S/C26H35FN2O3/c1-31-23-8-21(9-23)29-25(30)24-18-6-16-7-19(24)12-26(10-16,11-18)20-2-4-22(5-3-20)32-15-17(13-27)14-28/h2-5,13,16,18-19,21,23-24H,6-12,14-15,28H2,1H3,(H,29,30)/b17-13+/t16?,18?,19?,21-,23+,24-,26+. The van der Waals surface area contributed by atoms with Gasteiger partial charge in [-0.2, -0.15) is 0 Å². The first-order valence-corrected chi connectivity index (χ1v) is 12.1. The fourth-order valence-electron chi connectivity index (χ4n) is 7.20. The Morgan fingerprint density at radius 3 is 2.44 bits per heavy atom. The molecule has 5 aliphatic carbocycles. The molecule has 174 valence electrons. The van der Waals surface area contributed by atoms with Crippen molar-refractivity contribution < 1.29 is 18.7 Å². The van der Waals surface area contributed by atoms with Crippen molar-refractivity contribution in [3.05, 3.63) is 41.7 Å². The fraction of sp³-hybridized carbons (Fsp3) is 0.654. The molecule has 0 saturated heterocycles. The first kappa shape index (κ1) is 21.9. The summed E-state index contributed by atoms with van der Waals surface area (Å²) in [5.74, 6) is 2.89. The number of carbonyl (C=O) groups excluding carboxylic acids is 1. The normalized spacial score (nSPS) is 37.8. The number of carbonyl (C=O) groups is 1. The molecule has 4 bridgehead atoms. The van der Waals surface area contributed by atoms with E-state index in [1.54, 1.807) is 7.11 Å². The molecular formula is C26H35FN2O3. The summed E-state index contributed by atoms with van der Waals surface area (Å²) >= 11 is 0. The molecule has 0 aliphatic heterocycles. The molecule has 5 fully saturated rings. The first-order valence-electron chi connectivity index (χ1n) is 12.1. The van der Waals surface area contributed by atoms with E-state index in [0.29, 0.717) is 29.8 Å². The van der Waals surface area contributed by atoms with E-state index >= 15 is 0 Å². The average molecular weight is 443 g/mol. The van der Waals surface area contributed by atoms with Crippen molar-refractivity contribution >= 4 is 5.91 Å². The van der Waals surface area contributed by atoms with Crippen LogP contribution in [0.25, 0.3) is 0 Å². The van der Waals surface area contributed by atoms with Crippen LogP contribution in [-0.2, 0) is 14.9 Å². The van der Waals surface area contributed by atoms with E-state index in [0.717, 1.165) is 37.4 Å². The van der Waals surface area contributed by atoms with Crippen LogP contribution in [-0.4, -0.2) is 38.3 Å². The van der Waals surface area contributed by atoms with Gasteiger partial charge in [0.1, 0.15) is 12.4 Å². The van der Waals surface area contributed by atoms with Crippen LogP contribution in [0, 0.1) is 23.7 Å². The van der Waals surface area contributed by atoms with Crippen LogP contribution >= 0.6 is 0 Å². The number of ether oxygens (including phenoxy) is 2. The Hall–Kier alpha value is -1.92. The smallest absolute Gasteiger partial charge is 0.223 e. The van der Waals surface area contributed by atoms with Gasteiger partial charge in [0.2, 0.25) is 5.91 Å². The fourth-order valence-corrected chi connectivity index (χ4v) is 7.20. The number of hydrogen-bond acceptors (Lipinski definition) is 4. The summed E-state index contributed by atoms with van der Waals surface area (Å²) in [6.45, 7) is 0.330. The van der Waals surface area contributed by atoms with Gasteiger partial charge >= 0.3 is 0 Å². The van der Waals surface area contributed by atoms with E-state index in [1.165, 1.54) is 24.8 Å². The minimum atomic E-state index is 0.157. The Labute approximate surface area is 189 Å². The highest BCUT2D eigenvalue weighted by Gasteiger charge is 2.57. The van der Waals surface area contributed by atoms with E-state index in [4.69, 9.17) is 15.2 Å².